The lowest BCUT2D eigenvalue weighted by molar-refractivity contribution is 0.0969. The molecule has 0 amide bonds. The van der Waals surface area contributed by atoms with Gasteiger partial charge in [0.1, 0.15) is 16.2 Å². The molecular formula is C11H16BrN3O. The lowest BCUT2D eigenvalue weighted by Gasteiger charge is -2.35. The molecule has 16 heavy (non-hydrogen) atoms. The predicted octanol–water partition coefficient (Wildman–Crippen LogP) is 1.75. The minimum absolute atomic E-state index is 0.178. The Kier molecular flexibility index (Phi) is 3.44. The van der Waals surface area contributed by atoms with Gasteiger partial charge < -0.3 is 10.0 Å². The van der Waals surface area contributed by atoms with E-state index in [1.54, 1.807) is 0 Å². The van der Waals surface area contributed by atoms with Crippen molar-refractivity contribution in [3.8, 4) is 0 Å². The lowest BCUT2D eigenvalue weighted by atomic mass is 9.97. The first-order valence-electron chi connectivity index (χ1n) is 5.50. The predicted molar refractivity (Wildman–Crippen MR) is 66.5 cm³/mol. The number of aliphatic hydroxyl groups is 1. The molecule has 4 nitrogen and oxygen atoms in total. The van der Waals surface area contributed by atoms with Crippen molar-refractivity contribution < 1.29 is 5.11 Å². The molecule has 88 valence electrons. The zero-order valence-electron chi connectivity index (χ0n) is 9.52. The van der Waals surface area contributed by atoms with E-state index in [2.05, 4.69) is 37.7 Å². The van der Waals surface area contributed by atoms with E-state index < -0.39 is 0 Å². The summed E-state index contributed by atoms with van der Waals surface area (Å²) in [6.45, 7) is 5.66. The Morgan fingerprint density at radius 1 is 1.50 bits per heavy atom. The summed E-state index contributed by atoms with van der Waals surface area (Å²) in [5, 5.41) is 9.68. The van der Waals surface area contributed by atoms with Crippen molar-refractivity contribution >= 4 is 21.7 Å². The van der Waals surface area contributed by atoms with Gasteiger partial charge in [-0.25, -0.2) is 9.97 Å². The van der Waals surface area contributed by atoms with Crippen LogP contribution in [0.15, 0.2) is 10.7 Å². The Hall–Kier alpha value is -0.680. The normalized spacial score (nSPS) is 25.9. The summed E-state index contributed by atoms with van der Waals surface area (Å²) in [6.07, 6.45) is 0.629. The average Bonchev–Trinajstić information content (AvgIpc) is 2.20. The highest BCUT2D eigenvalue weighted by atomic mass is 79.9. The number of halogens is 1. The second-order valence-corrected chi connectivity index (χ2v) is 5.19. The average molecular weight is 286 g/mol. The van der Waals surface area contributed by atoms with E-state index in [-0.39, 0.29) is 6.10 Å². The second kappa shape index (κ2) is 4.67. The van der Waals surface area contributed by atoms with Gasteiger partial charge in [0.2, 0.25) is 0 Å². The van der Waals surface area contributed by atoms with Gasteiger partial charge in [-0.05, 0) is 35.2 Å². The van der Waals surface area contributed by atoms with Crippen molar-refractivity contribution in [1.82, 2.24) is 9.97 Å². The van der Waals surface area contributed by atoms with Gasteiger partial charge in [0.05, 0.1) is 6.10 Å². The number of nitrogens with zero attached hydrogens (tertiary/aromatic N) is 3. The monoisotopic (exact) mass is 285 g/mol. The highest BCUT2D eigenvalue weighted by molar-refractivity contribution is 9.10. The van der Waals surface area contributed by atoms with E-state index in [0.29, 0.717) is 5.92 Å². The molecule has 0 saturated carbocycles. The van der Waals surface area contributed by atoms with Crippen molar-refractivity contribution in [2.45, 2.75) is 26.4 Å². The third-order valence-electron chi connectivity index (χ3n) is 2.98. The number of anilines is 1. The highest BCUT2D eigenvalue weighted by Crippen LogP contribution is 2.23. The van der Waals surface area contributed by atoms with Crippen LogP contribution in [0.4, 0.5) is 5.82 Å². The van der Waals surface area contributed by atoms with E-state index in [0.717, 1.165) is 35.8 Å². The van der Waals surface area contributed by atoms with Crippen molar-refractivity contribution in [2.24, 2.45) is 5.92 Å². The molecule has 0 spiro atoms. The summed E-state index contributed by atoms with van der Waals surface area (Å²) < 4.78 is 0.814. The molecule has 2 heterocycles. The van der Waals surface area contributed by atoms with Crippen LogP contribution in [0.3, 0.4) is 0 Å². The van der Waals surface area contributed by atoms with Gasteiger partial charge in [0.15, 0.2) is 0 Å². The quantitative estimate of drug-likeness (QED) is 0.799. The molecule has 2 unspecified atom stereocenters. The number of piperidine rings is 1. The molecule has 1 N–H and O–H groups in total. The zero-order valence-corrected chi connectivity index (χ0v) is 11.1. The molecule has 2 atom stereocenters. The minimum atomic E-state index is -0.178. The van der Waals surface area contributed by atoms with Gasteiger partial charge in [-0.3, -0.25) is 0 Å². The second-order valence-electron chi connectivity index (χ2n) is 4.38. The van der Waals surface area contributed by atoms with Crippen LogP contribution in [-0.2, 0) is 0 Å². The molecule has 0 radical (unpaired) electrons. The molecule has 2 rings (SSSR count). The molecule has 1 aromatic rings. The third kappa shape index (κ3) is 2.52. The van der Waals surface area contributed by atoms with Gasteiger partial charge in [-0.15, -0.1) is 0 Å². The number of aromatic nitrogens is 2. The number of aliphatic hydroxyl groups excluding tert-OH is 1. The molecule has 1 aromatic heterocycles. The van der Waals surface area contributed by atoms with Crippen molar-refractivity contribution in [1.29, 1.82) is 0 Å². The Bertz CT molecular complexity index is 365. The molecule has 1 aliphatic rings. The molecule has 0 aliphatic carbocycles. The lowest BCUT2D eigenvalue weighted by Crippen LogP contribution is -2.42. The summed E-state index contributed by atoms with van der Waals surface area (Å²) in [7, 11) is 0. The van der Waals surface area contributed by atoms with Crippen LogP contribution in [0.25, 0.3) is 0 Å². The van der Waals surface area contributed by atoms with Gasteiger partial charge in [-0.1, -0.05) is 6.92 Å². The topological polar surface area (TPSA) is 49.2 Å². The third-order valence-corrected chi connectivity index (χ3v) is 3.38. The minimum Gasteiger partial charge on any atom is -0.393 e. The Morgan fingerprint density at radius 2 is 2.25 bits per heavy atom. The SMILES string of the molecule is Cc1nc(Br)cc(N2CCC(O)C(C)C2)n1. The number of hydrogen-bond donors (Lipinski definition) is 1. The summed E-state index contributed by atoms with van der Waals surface area (Å²) in [5.74, 6) is 2.00. The maximum Gasteiger partial charge on any atom is 0.133 e. The van der Waals surface area contributed by atoms with Crippen LogP contribution >= 0.6 is 15.9 Å². The first-order chi connectivity index (χ1) is 7.56. The maximum absolute atomic E-state index is 9.68. The fourth-order valence-corrected chi connectivity index (χ4v) is 2.48. The fraction of sp³-hybridized carbons (Fsp3) is 0.636. The molecule has 1 fully saturated rings. The summed E-state index contributed by atoms with van der Waals surface area (Å²) in [5.41, 5.74) is 0. The highest BCUT2D eigenvalue weighted by Gasteiger charge is 2.25. The largest absolute Gasteiger partial charge is 0.393 e. The Morgan fingerprint density at radius 3 is 2.88 bits per heavy atom. The maximum atomic E-state index is 9.68. The number of aryl methyl sites for hydroxylation is 1. The number of hydrogen-bond acceptors (Lipinski definition) is 4. The van der Waals surface area contributed by atoms with Crippen molar-refractivity contribution in [3.05, 3.63) is 16.5 Å². The van der Waals surface area contributed by atoms with Crippen LogP contribution in [-0.4, -0.2) is 34.3 Å². The van der Waals surface area contributed by atoms with Crippen LogP contribution in [0.5, 0.6) is 0 Å². The van der Waals surface area contributed by atoms with Crippen LogP contribution in [0.2, 0.25) is 0 Å². The Balaban J connectivity index is 2.18. The van der Waals surface area contributed by atoms with Gasteiger partial charge >= 0.3 is 0 Å². The van der Waals surface area contributed by atoms with Gasteiger partial charge in [-0.2, -0.15) is 0 Å². The van der Waals surface area contributed by atoms with Crippen molar-refractivity contribution in [2.75, 3.05) is 18.0 Å². The zero-order chi connectivity index (χ0) is 11.7. The molecule has 0 bridgehead atoms. The summed E-state index contributed by atoms with van der Waals surface area (Å²) in [6, 6.07) is 1.93. The van der Waals surface area contributed by atoms with Gasteiger partial charge in [0.25, 0.3) is 0 Å². The fourth-order valence-electron chi connectivity index (χ4n) is 2.02. The van der Waals surface area contributed by atoms with E-state index in [1.165, 1.54) is 0 Å². The van der Waals surface area contributed by atoms with Gasteiger partial charge in [0, 0.05) is 19.2 Å². The van der Waals surface area contributed by atoms with E-state index in [1.807, 2.05) is 13.0 Å². The van der Waals surface area contributed by atoms with Crippen LogP contribution in [0.1, 0.15) is 19.2 Å². The standard InChI is InChI=1S/C11H16BrN3O/c1-7-6-15(4-3-9(7)16)11-5-10(12)13-8(2)14-11/h5,7,9,16H,3-4,6H2,1-2H3. The molecule has 1 saturated heterocycles. The van der Waals surface area contributed by atoms with Crippen LogP contribution in [0, 0.1) is 12.8 Å². The van der Waals surface area contributed by atoms with E-state index in [4.69, 9.17) is 0 Å². The first-order valence-corrected chi connectivity index (χ1v) is 6.30. The molecule has 5 heteroatoms. The first kappa shape index (κ1) is 11.8. The number of rotatable bonds is 1. The molecule has 1 aliphatic heterocycles. The van der Waals surface area contributed by atoms with E-state index in [9.17, 15) is 5.11 Å². The van der Waals surface area contributed by atoms with E-state index >= 15 is 0 Å². The smallest absolute Gasteiger partial charge is 0.133 e. The summed E-state index contributed by atoms with van der Waals surface area (Å²) in [4.78, 5) is 10.8. The molecular weight excluding hydrogens is 270 g/mol. The molecule has 0 aromatic carbocycles. The Labute approximate surface area is 104 Å². The van der Waals surface area contributed by atoms with Crippen LogP contribution < -0.4 is 4.90 Å². The van der Waals surface area contributed by atoms with Crippen molar-refractivity contribution in [3.63, 3.8) is 0 Å². The summed E-state index contributed by atoms with van der Waals surface area (Å²) >= 11 is 3.38.